The van der Waals surface area contributed by atoms with Crippen LogP contribution in [0.25, 0.3) is 10.9 Å². The Bertz CT molecular complexity index is 822. The molecule has 2 aromatic heterocycles. The molecule has 2 heterocycles. The van der Waals surface area contributed by atoms with Gasteiger partial charge in [0.05, 0.1) is 5.52 Å². The van der Waals surface area contributed by atoms with E-state index in [9.17, 15) is 9.90 Å². The van der Waals surface area contributed by atoms with E-state index in [1.54, 1.807) is 0 Å². The molecular formula is C16H13BrN2O2. The number of aromatic nitrogens is 2. The van der Waals surface area contributed by atoms with Gasteiger partial charge in [0.2, 0.25) is 0 Å². The van der Waals surface area contributed by atoms with Crippen molar-refractivity contribution in [2.24, 2.45) is 0 Å². The SMILES string of the molecule is Cc1ncc(C(=O)O)c2c1ccn2Cc1ccc(Br)cc1. The molecule has 5 heteroatoms. The average molecular weight is 345 g/mol. The summed E-state index contributed by atoms with van der Waals surface area (Å²) < 4.78 is 2.98. The molecule has 0 aliphatic heterocycles. The first-order chi connectivity index (χ1) is 10.1. The summed E-state index contributed by atoms with van der Waals surface area (Å²) in [5.41, 5.74) is 2.90. The molecule has 0 aliphatic carbocycles. The molecule has 0 aliphatic rings. The molecule has 0 saturated carbocycles. The first-order valence-corrected chi connectivity index (χ1v) is 7.28. The van der Waals surface area contributed by atoms with Crippen LogP contribution in [-0.2, 0) is 6.54 Å². The van der Waals surface area contributed by atoms with Gasteiger partial charge in [0.1, 0.15) is 5.56 Å². The lowest BCUT2D eigenvalue weighted by Gasteiger charge is -2.09. The van der Waals surface area contributed by atoms with Gasteiger partial charge in [-0.3, -0.25) is 4.98 Å². The van der Waals surface area contributed by atoms with Crippen LogP contribution >= 0.6 is 15.9 Å². The van der Waals surface area contributed by atoms with Crippen LogP contribution in [-0.4, -0.2) is 20.6 Å². The molecule has 0 unspecified atom stereocenters. The van der Waals surface area contributed by atoms with E-state index in [4.69, 9.17) is 0 Å². The molecule has 0 saturated heterocycles. The highest BCUT2D eigenvalue weighted by atomic mass is 79.9. The fraction of sp³-hybridized carbons (Fsp3) is 0.125. The zero-order valence-corrected chi connectivity index (χ0v) is 13.0. The van der Waals surface area contributed by atoms with Crippen molar-refractivity contribution in [3.63, 3.8) is 0 Å². The number of pyridine rings is 1. The highest BCUT2D eigenvalue weighted by Gasteiger charge is 2.15. The summed E-state index contributed by atoms with van der Waals surface area (Å²) in [4.78, 5) is 15.6. The molecule has 0 radical (unpaired) electrons. The lowest BCUT2D eigenvalue weighted by molar-refractivity contribution is 0.0698. The number of carboxylic acids is 1. The predicted octanol–water partition coefficient (Wildman–Crippen LogP) is 3.85. The maximum Gasteiger partial charge on any atom is 0.339 e. The molecule has 4 nitrogen and oxygen atoms in total. The second-order valence-electron chi connectivity index (χ2n) is 4.89. The minimum Gasteiger partial charge on any atom is -0.478 e. The monoisotopic (exact) mass is 344 g/mol. The Kier molecular flexibility index (Phi) is 3.51. The van der Waals surface area contributed by atoms with E-state index in [0.717, 1.165) is 26.6 Å². The number of benzene rings is 1. The van der Waals surface area contributed by atoms with Crippen molar-refractivity contribution in [2.75, 3.05) is 0 Å². The Morgan fingerprint density at radius 3 is 2.67 bits per heavy atom. The number of carboxylic acid groups (broad SMARTS) is 1. The molecule has 0 amide bonds. The summed E-state index contributed by atoms with van der Waals surface area (Å²) >= 11 is 3.41. The second-order valence-corrected chi connectivity index (χ2v) is 5.81. The normalized spacial score (nSPS) is 11.0. The highest BCUT2D eigenvalue weighted by molar-refractivity contribution is 9.10. The van der Waals surface area contributed by atoms with E-state index in [1.807, 2.05) is 48.0 Å². The first-order valence-electron chi connectivity index (χ1n) is 6.48. The number of aryl methyl sites for hydroxylation is 1. The van der Waals surface area contributed by atoms with E-state index in [2.05, 4.69) is 20.9 Å². The molecule has 106 valence electrons. The van der Waals surface area contributed by atoms with Crippen LogP contribution in [0.5, 0.6) is 0 Å². The van der Waals surface area contributed by atoms with Crippen molar-refractivity contribution in [2.45, 2.75) is 13.5 Å². The van der Waals surface area contributed by atoms with Gasteiger partial charge >= 0.3 is 5.97 Å². The lowest BCUT2D eigenvalue weighted by atomic mass is 10.1. The number of nitrogens with zero attached hydrogens (tertiary/aromatic N) is 2. The van der Waals surface area contributed by atoms with Gasteiger partial charge in [-0.25, -0.2) is 4.79 Å². The van der Waals surface area contributed by atoms with E-state index in [-0.39, 0.29) is 5.56 Å². The number of aromatic carboxylic acids is 1. The van der Waals surface area contributed by atoms with Gasteiger partial charge in [0.15, 0.2) is 0 Å². The molecule has 0 fully saturated rings. The summed E-state index contributed by atoms with van der Waals surface area (Å²) in [7, 11) is 0. The number of hydrogen-bond donors (Lipinski definition) is 1. The maximum absolute atomic E-state index is 11.4. The summed E-state index contributed by atoms with van der Waals surface area (Å²) in [6.07, 6.45) is 3.34. The van der Waals surface area contributed by atoms with Crippen LogP contribution in [0.1, 0.15) is 21.6 Å². The Morgan fingerprint density at radius 2 is 2.00 bits per heavy atom. The molecule has 1 aromatic carbocycles. The number of halogens is 1. The number of carbonyl (C=O) groups is 1. The Morgan fingerprint density at radius 1 is 1.29 bits per heavy atom. The first kappa shape index (κ1) is 13.8. The molecule has 3 rings (SSSR count). The molecular weight excluding hydrogens is 332 g/mol. The van der Waals surface area contributed by atoms with Gasteiger partial charge in [-0.15, -0.1) is 0 Å². The van der Waals surface area contributed by atoms with Crippen LogP contribution in [0.4, 0.5) is 0 Å². The van der Waals surface area contributed by atoms with Crippen molar-refractivity contribution >= 4 is 32.8 Å². The van der Waals surface area contributed by atoms with Crippen molar-refractivity contribution < 1.29 is 9.90 Å². The van der Waals surface area contributed by atoms with Gasteiger partial charge < -0.3 is 9.67 Å². The fourth-order valence-electron chi connectivity index (χ4n) is 2.43. The van der Waals surface area contributed by atoms with Crippen molar-refractivity contribution in [3.8, 4) is 0 Å². The van der Waals surface area contributed by atoms with E-state index in [0.29, 0.717) is 6.54 Å². The molecule has 0 atom stereocenters. The second kappa shape index (κ2) is 5.33. The number of rotatable bonds is 3. The molecule has 0 bridgehead atoms. The maximum atomic E-state index is 11.4. The smallest absolute Gasteiger partial charge is 0.339 e. The Hall–Kier alpha value is -2.14. The topological polar surface area (TPSA) is 55.1 Å². The van der Waals surface area contributed by atoms with Gasteiger partial charge in [-0.2, -0.15) is 0 Å². The Labute approximate surface area is 130 Å². The molecule has 0 spiro atoms. The predicted molar refractivity (Wildman–Crippen MR) is 84.7 cm³/mol. The molecule has 3 aromatic rings. The number of fused-ring (bicyclic) bond motifs is 1. The van der Waals surface area contributed by atoms with Crippen molar-refractivity contribution in [1.82, 2.24) is 9.55 Å². The van der Waals surface area contributed by atoms with Gasteiger partial charge in [0, 0.05) is 34.5 Å². The van der Waals surface area contributed by atoms with Crippen molar-refractivity contribution in [1.29, 1.82) is 0 Å². The van der Waals surface area contributed by atoms with E-state index < -0.39 is 5.97 Å². The van der Waals surface area contributed by atoms with Crippen LogP contribution < -0.4 is 0 Å². The summed E-state index contributed by atoms with van der Waals surface area (Å²) in [6, 6.07) is 9.91. The van der Waals surface area contributed by atoms with E-state index in [1.165, 1.54) is 6.20 Å². The van der Waals surface area contributed by atoms with Crippen molar-refractivity contribution in [3.05, 3.63) is 64.0 Å². The third-order valence-corrected chi connectivity index (χ3v) is 4.02. The molecule has 1 N–H and O–H groups in total. The van der Waals surface area contributed by atoms with Gasteiger partial charge in [-0.1, -0.05) is 28.1 Å². The minimum atomic E-state index is -0.955. The lowest BCUT2D eigenvalue weighted by Crippen LogP contribution is -2.05. The quantitative estimate of drug-likeness (QED) is 0.784. The summed E-state index contributed by atoms with van der Waals surface area (Å²) in [6.45, 7) is 2.51. The van der Waals surface area contributed by atoms with Crippen LogP contribution in [0, 0.1) is 6.92 Å². The summed E-state index contributed by atoms with van der Waals surface area (Å²) in [5.74, 6) is -0.955. The Balaban J connectivity index is 2.12. The van der Waals surface area contributed by atoms with Gasteiger partial charge in [-0.05, 0) is 30.7 Å². The summed E-state index contributed by atoms with van der Waals surface area (Å²) in [5, 5.41) is 10.2. The van der Waals surface area contributed by atoms with E-state index >= 15 is 0 Å². The number of hydrogen-bond acceptors (Lipinski definition) is 2. The third-order valence-electron chi connectivity index (χ3n) is 3.49. The van der Waals surface area contributed by atoms with Crippen LogP contribution in [0.2, 0.25) is 0 Å². The largest absolute Gasteiger partial charge is 0.478 e. The van der Waals surface area contributed by atoms with Crippen LogP contribution in [0.3, 0.4) is 0 Å². The molecule has 21 heavy (non-hydrogen) atoms. The standard InChI is InChI=1S/C16H13BrN2O2/c1-10-13-6-7-19(9-11-2-4-12(17)5-3-11)15(13)14(8-18-10)16(20)21/h2-8H,9H2,1H3,(H,20,21). The van der Waals surface area contributed by atoms with Gasteiger partial charge in [0.25, 0.3) is 0 Å². The third kappa shape index (κ3) is 2.56. The zero-order valence-electron chi connectivity index (χ0n) is 11.4. The minimum absolute atomic E-state index is 0.234. The fourth-order valence-corrected chi connectivity index (χ4v) is 2.70. The highest BCUT2D eigenvalue weighted by Crippen LogP contribution is 2.23. The zero-order chi connectivity index (χ0) is 15.0. The average Bonchev–Trinajstić information content (AvgIpc) is 2.86. The van der Waals surface area contributed by atoms with Crippen LogP contribution in [0.15, 0.2) is 47.2 Å².